The zero-order valence-corrected chi connectivity index (χ0v) is 10.4. The first-order valence-corrected chi connectivity index (χ1v) is 6.40. The molecule has 1 unspecified atom stereocenters. The van der Waals surface area contributed by atoms with Crippen LogP contribution in [-0.2, 0) is 6.42 Å². The smallest absolute Gasteiger partial charge is 0.227 e. The summed E-state index contributed by atoms with van der Waals surface area (Å²) >= 11 is 1.73. The molecule has 90 valence electrons. The van der Waals surface area contributed by atoms with E-state index >= 15 is 0 Å². The summed E-state index contributed by atoms with van der Waals surface area (Å²) in [5.41, 5.74) is 6.86. The summed E-state index contributed by atoms with van der Waals surface area (Å²) in [7, 11) is 0. The number of thiophene rings is 1. The molecule has 2 rings (SSSR count). The van der Waals surface area contributed by atoms with Crippen LogP contribution in [0.1, 0.15) is 18.9 Å². The predicted molar refractivity (Wildman–Crippen MR) is 70.0 cm³/mol. The lowest BCUT2D eigenvalue weighted by atomic mass is 10.1. The highest BCUT2D eigenvalue weighted by molar-refractivity contribution is 7.07. The molecule has 2 aromatic rings. The molecule has 0 radical (unpaired) electrons. The van der Waals surface area contributed by atoms with Gasteiger partial charge in [-0.25, -0.2) is 9.97 Å². The Balaban J connectivity index is 1.83. The van der Waals surface area contributed by atoms with Crippen molar-refractivity contribution in [2.24, 2.45) is 0 Å². The van der Waals surface area contributed by atoms with Crippen LogP contribution in [0, 0.1) is 0 Å². The van der Waals surface area contributed by atoms with Gasteiger partial charge in [0.1, 0.15) is 6.33 Å². The molecule has 0 amide bonds. The Bertz CT molecular complexity index is 457. The molecule has 0 saturated heterocycles. The lowest BCUT2D eigenvalue weighted by molar-refractivity contribution is 0.699. The minimum atomic E-state index is 0.243. The fourth-order valence-electron chi connectivity index (χ4n) is 1.49. The second-order valence-electron chi connectivity index (χ2n) is 3.88. The van der Waals surface area contributed by atoms with Crippen molar-refractivity contribution in [3.05, 3.63) is 28.7 Å². The van der Waals surface area contributed by atoms with Gasteiger partial charge in [-0.1, -0.05) is 0 Å². The lowest BCUT2D eigenvalue weighted by Gasteiger charge is -2.12. The molecule has 0 spiro atoms. The number of nitrogens with zero attached hydrogens (tertiary/aromatic N) is 3. The highest BCUT2D eigenvalue weighted by atomic mass is 32.1. The molecule has 6 heteroatoms. The van der Waals surface area contributed by atoms with Crippen molar-refractivity contribution in [1.82, 2.24) is 15.0 Å². The van der Waals surface area contributed by atoms with E-state index in [0.717, 1.165) is 12.8 Å². The molecule has 17 heavy (non-hydrogen) atoms. The Morgan fingerprint density at radius 2 is 2.35 bits per heavy atom. The maximum absolute atomic E-state index is 5.48. The van der Waals surface area contributed by atoms with Crippen LogP contribution in [0.2, 0.25) is 0 Å². The van der Waals surface area contributed by atoms with Crippen LogP contribution in [0.15, 0.2) is 23.2 Å². The summed E-state index contributed by atoms with van der Waals surface area (Å²) in [5, 5.41) is 7.48. The SMILES string of the molecule is CC(CCc1ccsc1)Nc1ncnc(N)n1. The summed E-state index contributed by atoms with van der Waals surface area (Å²) in [6.45, 7) is 2.10. The monoisotopic (exact) mass is 249 g/mol. The number of rotatable bonds is 5. The molecule has 0 aromatic carbocycles. The van der Waals surface area contributed by atoms with Gasteiger partial charge in [0.05, 0.1) is 0 Å². The van der Waals surface area contributed by atoms with Crippen LogP contribution in [0.25, 0.3) is 0 Å². The number of nitrogens with two attached hydrogens (primary N) is 1. The van der Waals surface area contributed by atoms with Crippen LogP contribution in [0.4, 0.5) is 11.9 Å². The highest BCUT2D eigenvalue weighted by Gasteiger charge is 2.05. The quantitative estimate of drug-likeness (QED) is 0.847. The third kappa shape index (κ3) is 3.67. The molecule has 2 heterocycles. The van der Waals surface area contributed by atoms with Crippen LogP contribution in [-0.4, -0.2) is 21.0 Å². The summed E-state index contributed by atoms with van der Waals surface area (Å²) in [5.74, 6) is 0.780. The minimum Gasteiger partial charge on any atom is -0.368 e. The second-order valence-corrected chi connectivity index (χ2v) is 4.66. The van der Waals surface area contributed by atoms with Gasteiger partial charge in [-0.05, 0) is 42.2 Å². The minimum absolute atomic E-state index is 0.243. The molecule has 2 aromatic heterocycles. The van der Waals surface area contributed by atoms with Gasteiger partial charge in [0, 0.05) is 6.04 Å². The fraction of sp³-hybridized carbons (Fsp3) is 0.364. The normalized spacial score (nSPS) is 12.3. The highest BCUT2D eigenvalue weighted by Crippen LogP contribution is 2.11. The van der Waals surface area contributed by atoms with E-state index in [-0.39, 0.29) is 5.95 Å². The van der Waals surface area contributed by atoms with Gasteiger partial charge in [0.15, 0.2) is 0 Å². The molecular formula is C11H15N5S. The van der Waals surface area contributed by atoms with Crippen molar-refractivity contribution in [2.45, 2.75) is 25.8 Å². The maximum atomic E-state index is 5.48. The third-order valence-corrected chi connectivity index (χ3v) is 3.14. The van der Waals surface area contributed by atoms with E-state index < -0.39 is 0 Å². The molecule has 0 fully saturated rings. The van der Waals surface area contributed by atoms with E-state index in [1.165, 1.54) is 11.9 Å². The number of aromatic nitrogens is 3. The van der Waals surface area contributed by atoms with Crippen LogP contribution in [0.5, 0.6) is 0 Å². The first-order valence-electron chi connectivity index (χ1n) is 5.46. The Morgan fingerprint density at radius 3 is 3.06 bits per heavy atom. The Hall–Kier alpha value is -1.69. The molecule has 3 N–H and O–H groups in total. The van der Waals surface area contributed by atoms with E-state index in [1.54, 1.807) is 11.3 Å². The van der Waals surface area contributed by atoms with Crippen LogP contribution in [0.3, 0.4) is 0 Å². The van der Waals surface area contributed by atoms with Gasteiger partial charge in [-0.15, -0.1) is 0 Å². The molecular weight excluding hydrogens is 234 g/mol. The largest absolute Gasteiger partial charge is 0.368 e. The summed E-state index contributed by atoms with van der Waals surface area (Å²) in [6, 6.07) is 2.45. The zero-order chi connectivity index (χ0) is 12.1. The summed E-state index contributed by atoms with van der Waals surface area (Å²) in [6.07, 6.45) is 3.50. The Labute approximate surface area is 104 Å². The average Bonchev–Trinajstić information content (AvgIpc) is 2.79. The van der Waals surface area contributed by atoms with Crippen molar-refractivity contribution < 1.29 is 0 Å². The Kier molecular flexibility index (Phi) is 3.87. The van der Waals surface area contributed by atoms with Gasteiger partial charge >= 0.3 is 0 Å². The van der Waals surface area contributed by atoms with Crippen molar-refractivity contribution in [3.8, 4) is 0 Å². The maximum Gasteiger partial charge on any atom is 0.227 e. The first kappa shape index (κ1) is 11.8. The molecule has 1 atom stereocenters. The van der Waals surface area contributed by atoms with E-state index in [0.29, 0.717) is 12.0 Å². The van der Waals surface area contributed by atoms with E-state index in [1.807, 2.05) is 0 Å². The van der Waals surface area contributed by atoms with Crippen LogP contribution >= 0.6 is 11.3 Å². The predicted octanol–water partition coefficient (Wildman–Crippen LogP) is 1.95. The van der Waals surface area contributed by atoms with Crippen molar-refractivity contribution in [3.63, 3.8) is 0 Å². The van der Waals surface area contributed by atoms with E-state index in [4.69, 9.17) is 5.73 Å². The molecule has 0 saturated carbocycles. The Morgan fingerprint density at radius 1 is 1.47 bits per heavy atom. The van der Waals surface area contributed by atoms with Crippen LogP contribution < -0.4 is 11.1 Å². The summed E-state index contributed by atoms with van der Waals surface area (Å²) < 4.78 is 0. The third-order valence-electron chi connectivity index (χ3n) is 2.41. The summed E-state index contributed by atoms with van der Waals surface area (Å²) in [4.78, 5) is 11.8. The number of hydrogen-bond acceptors (Lipinski definition) is 6. The number of hydrogen-bond donors (Lipinski definition) is 2. The number of nitrogens with one attached hydrogen (secondary N) is 1. The standard InChI is InChI=1S/C11H15N5S/c1-8(2-3-9-4-5-17-6-9)15-11-14-7-13-10(12)16-11/h4-8H,2-3H2,1H3,(H3,12,13,14,15,16). The number of nitrogen functional groups attached to an aromatic ring is 1. The van der Waals surface area contributed by atoms with Gasteiger partial charge < -0.3 is 11.1 Å². The number of anilines is 2. The average molecular weight is 249 g/mol. The van der Waals surface area contributed by atoms with Crippen molar-refractivity contribution >= 4 is 23.2 Å². The van der Waals surface area contributed by atoms with Gasteiger partial charge in [0.2, 0.25) is 11.9 Å². The molecule has 0 aliphatic rings. The topological polar surface area (TPSA) is 76.7 Å². The van der Waals surface area contributed by atoms with Crippen molar-refractivity contribution in [2.75, 3.05) is 11.1 Å². The van der Waals surface area contributed by atoms with Gasteiger partial charge in [0.25, 0.3) is 0 Å². The molecule has 5 nitrogen and oxygen atoms in total. The van der Waals surface area contributed by atoms with Crippen molar-refractivity contribution in [1.29, 1.82) is 0 Å². The van der Waals surface area contributed by atoms with Gasteiger partial charge in [-0.2, -0.15) is 16.3 Å². The van der Waals surface area contributed by atoms with E-state index in [2.05, 4.69) is 44.0 Å². The molecule has 0 aliphatic carbocycles. The van der Waals surface area contributed by atoms with Gasteiger partial charge in [-0.3, -0.25) is 0 Å². The second kappa shape index (κ2) is 5.58. The first-order chi connectivity index (χ1) is 8.24. The zero-order valence-electron chi connectivity index (χ0n) is 9.63. The number of aryl methyl sites for hydroxylation is 1. The lowest BCUT2D eigenvalue weighted by Crippen LogP contribution is -2.18. The van der Waals surface area contributed by atoms with E-state index in [9.17, 15) is 0 Å². The molecule has 0 aliphatic heterocycles. The fourth-order valence-corrected chi connectivity index (χ4v) is 2.19. The molecule has 0 bridgehead atoms.